The Labute approximate surface area is 204 Å². The van der Waals surface area contributed by atoms with Crippen LogP contribution in [0.15, 0.2) is 0 Å². The van der Waals surface area contributed by atoms with Crippen LogP contribution in [0.25, 0.3) is 0 Å². The Morgan fingerprint density at radius 2 is 1.22 bits per heavy atom. The lowest BCUT2D eigenvalue weighted by molar-refractivity contribution is -0.442. The predicted octanol–water partition coefficient (Wildman–Crippen LogP) is -6.71. The third-order valence-electron chi connectivity index (χ3n) is 7.37. The van der Waals surface area contributed by atoms with Gasteiger partial charge in [-0.25, -0.2) is 0 Å². The second-order valence-electron chi connectivity index (χ2n) is 9.43. The molecule has 16 heteroatoms. The van der Waals surface area contributed by atoms with Crippen LogP contribution in [0, 0.1) is 11.8 Å². The van der Waals surface area contributed by atoms with Crippen molar-refractivity contribution in [3.05, 3.63) is 0 Å². The lowest BCUT2D eigenvalue weighted by Crippen LogP contribution is -2.65. The van der Waals surface area contributed by atoms with E-state index in [2.05, 4.69) is 0 Å². The van der Waals surface area contributed by atoms with E-state index in [-0.39, 0.29) is 0 Å². The van der Waals surface area contributed by atoms with Crippen LogP contribution in [0.4, 0.5) is 0 Å². The maximum Gasteiger partial charge on any atom is 0.187 e. The zero-order chi connectivity index (χ0) is 26.5. The summed E-state index contributed by atoms with van der Waals surface area (Å²) in [6, 6.07) is 0. The van der Waals surface area contributed by atoms with Gasteiger partial charge in [0.2, 0.25) is 0 Å². The number of aliphatic hydroxyl groups excluding tert-OH is 9. The summed E-state index contributed by atoms with van der Waals surface area (Å²) in [5, 5.41) is 101. The summed E-state index contributed by atoms with van der Waals surface area (Å²) in [6.07, 6.45) is -19.8. The molecule has 4 aliphatic rings. The molecule has 3 saturated heterocycles. The third kappa shape index (κ3) is 4.58. The molecule has 16 atom stereocenters. The Morgan fingerprint density at radius 1 is 0.694 bits per heavy atom. The van der Waals surface area contributed by atoms with Gasteiger partial charge in [-0.2, -0.15) is 0 Å². The van der Waals surface area contributed by atoms with E-state index in [1.807, 2.05) is 0 Å². The van der Waals surface area contributed by atoms with E-state index >= 15 is 0 Å². The zero-order valence-electron chi connectivity index (χ0n) is 19.2. The Kier molecular flexibility index (Phi) is 8.55. The van der Waals surface area contributed by atoms with Gasteiger partial charge in [0.25, 0.3) is 0 Å². The molecule has 3 heterocycles. The van der Waals surface area contributed by atoms with Gasteiger partial charge in [0.15, 0.2) is 24.7 Å². The fourth-order valence-corrected chi connectivity index (χ4v) is 5.19. The van der Waals surface area contributed by atoms with Crippen LogP contribution in [0.5, 0.6) is 0 Å². The fourth-order valence-electron chi connectivity index (χ4n) is 5.19. The highest BCUT2D eigenvalue weighted by molar-refractivity contribution is 5.11. The van der Waals surface area contributed by atoms with Crippen LogP contribution < -0.4 is 0 Å². The molecule has 1 aliphatic carbocycles. The molecule has 210 valence electrons. The van der Waals surface area contributed by atoms with Crippen molar-refractivity contribution in [2.45, 2.75) is 85.7 Å². The maximum atomic E-state index is 11.1. The molecule has 0 aromatic carbocycles. The molecule has 0 amide bonds. The average Bonchev–Trinajstić information content (AvgIpc) is 3.00. The Morgan fingerprint density at radius 3 is 1.75 bits per heavy atom. The van der Waals surface area contributed by atoms with E-state index in [0.717, 1.165) is 0 Å². The molecule has 16 nitrogen and oxygen atoms in total. The van der Waals surface area contributed by atoms with Gasteiger partial charge < -0.3 is 79.5 Å². The highest BCUT2D eigenvalue weighted by Crippen LogP contribution is 2.54. The van der Waals surface area contributed by atoms with Crippen molar-refractivity contribution in [2.24, 2.45) is 11.8 Å². The normalized spacial score (nSPS) is 55.2. The van der Waals surface area contributed by atoms with Gasteiger partial charge in [0, 0.05) is 7.11 Å². The van der Waals surface area contributed by atoms with Crippen LogP contribution in [0.1, 0.15) is 0 Å². The number of methoxy groups -OCH3 is 1. The molecule has 3 aliphatic heterocycles. The highest BCUT2D eigenvalue weighted by atomic mass is 16.8. The first-order valence-electron chi connectivity index (χ1n) is 11.5. The van der Waals surface area contributed by atoms with E-state index in [4.69, 9.17) is 28.4 Å². The van der Waals surface area contributed by atoms with Crippen LogP contribution in [-0.4, -0.2) is 164 Å². The molecule has 10 N–H and O–H groups in total. The Hall–Kier alpha value is -0.640. The number of hydrogen-bond donors (Lipinski definition) is 10. The van der Waals surface area contributed by atoms with Crippen molar-refractivity contribution < 1.29 is 79.5 Å². The molecule has 0 aromatic heterocycles. The quantitative estimate of drug-likeness (QED) is 0.140. The van der Waals surface area contributed by atoms with Crippen molar-refractivity contribution in [3.8, 4) is 0 Å². The highest BCUT2D eigenvalue weighted by Gasteiger charge is 2.72. The van der Waals surface area contributed by atoms with E-state index in [0.29, 0.717) is 0 Å². The second kappa shape index (κ2) is 10.9. The van der Waals surface area contributed by atoms with Crippen LogP contribution in [-0.2, 0) is 28.4 Å². The number of fused-ring (bicyclic) bond motifs is 1. The van der Waals surface area contributed by atoms with Crippen molar-refractivity contribution in [2.75, 3.05) is 26.9 Å². The first kappa shape index (κ1) is 28.4. The molecule has 0 bridgehead atoms. The molecular formula is C20H34O16. The molecule has 0 radical (unpaired) electrons. The number of hydrogen-bond acceptors (Lipinski definition) is 16. The summed E-state index contributed by atoms with van der Waals surface area (Å²) in [5.41, 5.74) is 0. The predicted molar refractivity (Wildman–Crippen MR) is 108 cm³/mol. The van der Waals surface area contributed by atoms with Gasteiger partial charge in [0.05, 0.1) is 37.8 Å². The van der Waals surface area contributed by atoms with E-state index in [9.17, 15) is 51.1 Å². The van der Waals surface area contributed by atoms with Gasteiger partial charge >= 0.3 is 0 Å². The van der Waals surface area contributed by atoms with Gasteiger partial charge in [-0.1, -0.05) is 0 Å². The molecule has 4 fully saturated rings. The molecule has 1 saturated carbocycles. The van der Waals surface area contributed by atoms with Crippen molar-refractivity contribution >= 4 is 0 Å². The van der Waals surface area contributed by atoms with Gasteiger partial charge in [0.1, 0.15) is 54.9 Å². The average molecular weight is 530 g/mol. The summed E-state index contributed by atoms with van der Waals surface area (Å²) in [5.74, 6) is -4.38. The lowest BCUT2D eigenvalue weighted by atomic mass is 9.89. The first-order chi connectivity index (χ1) is 17.0. The minimum absolute atomic E-state index is 0.526. The van der Waals surface area contributed by atoms with Crippen molar-refractivity contribution in [3.63, 3.8) is 0 Å². The summed E-state index contributed by atoms with van der Waals surface area (Å²) in [6.45, 7) is -1.91. The van der Waals surface area contributed by atoms with E-state index < -0.39 is 117 Å². The summed E-state index contributed by atoms with van der Waals surface area (Å²) >= 11 is 0. The maximum absolute atomic E-state index is 11.1. The SMILES string of the molecule is COC1OC2(O)C(COC3OC(CO)C(O)C(O)C3O)C(O)C(OC3OC(CO)C(O)C(O)C3O)C12. The Bertz CT molecular complexity index is 741. The zero-order valence-corrected chi connectivity index (χ0v) is 19.2. The summed E-state index contributed by atoms with van der Waals surface area (Å²) in [4.78, 5) is 0. The minimum atomic E-state index is -2.08. The van der Waals surface area contributed by atoms with Gasteiger partial charge in [-0.05, 0) is 0 Å². The minimum Gasteiger partial charge on any atom is -0.394 e. The molecule has 0 spiro atoms. The van der Waals surface area contributed by atoms with Crippen LogP contribution in [0.3, 0.4) is 0 Å². The third-order valence-corrected chi connectivity index (χ3v) is 7.37. The fraction of sp³-hybridized carbons (Fsp3) is 1.00. The molecule has 16 unspecified atom stereocenters. The number of aliphatic hydroxyl groups is 10. The summed E-state index contributed by atoms with van der Waals surface area (Å²) < 4.78 is 32.3. The molecule has 4 rings (SSSR count). The molecule has 36 heavy (non-hydrogen) atoms. The van der Waals surface area contributed by atoms with Crippen LogP contribution >= 0.6 is 0 Å². The van der Waals surface area contributed by atoms with E-state index in [1.165, 1.54) is 7.11 Å². The monoisotopic (exact) mass is 530 g/mol. The van der Waals surface area contributed by atoms with E-state index in [1.54, 1.807) is 0 Å². The van der Waals surface area contributed by atoms with Crippen molar-refractivity contribution in [1.29, 1.82) is 0 Å². The van der Waals surface area contributed by atoms with Crippen molar-refractivity contribution in [1.82, 2.24) is 0 Å². The number of rotatable bonds is 8. The largest absolute Gasteiger partial charge is 0.394 e. The van der Waals surface area contributed by atoms with Gasteiger partial charge in [-0.15, -0.1) is 0 Å². The van der Waals surface area contributed by atoms with Gasteiger partial charge in [-0.3, -0.25) is 0 Å². The lowest BCUT2D eigenvalue weighted by Gasteiger charge is -2.50. The number of ether oxygens (including phenoxy) is 6. The Balaban J connectivity index is 1.48. The van der Waals surface area contributed by atoms with Crippen LogP contribution in [0.2, 0.25) is 0 Å². The molecular weight excluding hydrogens is 496 g/mol. The molecule has 0 aromatic rings. The smallest absolute Gasteiger partial charge is 0.187 e. The summed E-state index contributed by atoms with van der Waals surface area (Å²) in [7, 11) is 1.28. The second-order valence-corrected chi connectivity index (χ2v) is 9.43. The topological polar surface area (TPSA) is 258 Å². The first-order valence-corrected chi connectivity index (χ1v) is 11.5. The standard InChI is InChI=1S/C20H34O16/c1-31-17-8-16(35-19-15(29)13(27)11(25)7(3-22)34-19)9(23)5(20(8,30)36-17)4-32-18-14(28)12(26)10(24)6(2-21)33-18/h5-19,21-30H,2-4H2,1H3.